The van der Waals surface area contributed by atoms with Crippen molar-refractivity contribution in [1.29, 1.82) is 5.26 Å². The summed E-state index contributed by atoms with van der Waals surface area (Å²) in [6.45, 7) is 6.05. The number of hydrogen-bond acceptors (Lipinski definition) is 8. The van der Waals surface area contributed by atoms with Gasteiger partial charge in [0.05, 0.1) is 28.6 Å². The predicted octanol–water partition coefficient (Wildman–Crippen LogP) is 2.86. The van der Waals surface area contributed by atoms with Gasteiger partial charge < -0.3 is 15.3 Å². The Bertz CT molecular complexity index is 1420. The lowest BCUT2D eigenvalue weighted by atomic mass is 9.85. The highest BCUT2D eigenvalue weighted by molar-refractivity contribution is 7.96. The topological polar surface area (TPSA) is 157 Å². The summed E-state index contributed by atoms with van der Waals surface area (Å²) < 4.78 is 52.1. The van der Waals surface area contributed by atoms with Crippen LogP contribution in [0.5, 0.6) is 0 Å². The van der Waals surface area contributed by atoms with Gasteiger partial charge in [0.25, 0.3) is 5.91 Å². The van der Waals surface area contributed by atoms with Crippen molar-refractivity contribution in [3.05, 3.63) is 40.1 Å². The molecule has 1 unspecified atom stereocenters. The summed E-state index contributed by atoms with van der Waals surface area (Å²) in [4.78, 5) is 14.1. The fourth-order valence-corrected chi connectivity index (χ4v) is 6.59. The second-order valence-corrected chi connectivity index (χ2v) is 13.9. The molecule has 0 aromatic heterocycles. The lowest BCUT2D eigenvalue weighted by Gasteiger charge is -2.35. The number of sulfone groups is 1. The van der Waals surface area contributed by atoms with Gasteiger partial charge >= 0.3 is 0 Å². The molecule has 1 amide bonds. The summed E-state index contributed by atoms with van der Waals surface area (Å²) in [6, 6.07) is 4.81. The molecule has 1 aromatic rings. The van der Waals surface area contributed by atoms with Crippen LogP contribution in [0.15, 0.2) is 45.0 Å². The monoisotopic (exact) mass is 520 g/mol. The molecule has 3 N–H and O–H groups in total. The molecule has 1 aliphatic carbocycles. The summed E-state index contributed by atoms with van der Waals surface area (Å²) in [6.07, 6.45) is 3.92. The van der Waals surface area contributed by atoms with Gasteiger partial charge in [0, 0.05) is 12.2 Å². The molecule has 1 fully saturated rings. The van der Waals surface area contributed by atoms with Gasteiger partial charge in [-0.2, -0.15) is 5.26 Å². The van der Waals surface area contributed by atoms with Crippen molar-refractivity contribution in [1.82, 2.24) is 4.90 Å². The van der Waals surface area contributed by atoms with Gasteiger partial charge in [-0.1, -0.05) is 33.6 Å². The van der Waals surface area contributed by atoms with Crippen molar-refractivity contribution in [2.45, 2.75) is 51.0 Å². The maximum atomic E-state index is 13.6. The number of sulfonamides is 1. The normalized spacial score (nSPS) is 22.1. The molecule has 2 aliphatic heterocycles. The van der Waals surface area contributed by atoms with Crippen molar-refractivity contribution in [2.24, 2.45) is 11.3 Å². The van der Waals surface area contributed by atoms with E-state index in [0.29, 0.717) is 12.5 Å². The predicted molar refractivity (Wildman–Crippen MR) is 130 cm³/mol. The van der Waals surface area contributed by atoms with E-state index < -0.39 is 42.1 Å². The molecular formula is C23H28N4O6S2. The number of rotatable bonds is 6. The van der Waals surface area contributed by atoms with E-state index in [9.17, 15) is 32.0 Å². The van der Waals surface area contributed by atoms with Crippen LogP contribution in [0.1, 0.15) is 40.0 Å². The van der Waals surface area contributed by atoms with E-state index in [1.54, 1.807) is 11.0 Å². The molecule has 0 bridgehead atoms. The maximum Gasteiger partial charge on any atom is 0.260 e. The minimum atomic E-state index is -4.43. The van der Waals surface area contributed by atoms with Crippen molar-refractivity contribution >= 4 is 37.1 Å². The van der Waals surface area contributed by atoms with Gasteiger partial charge in [-0.25, -0.2) is 16.8 Å². The Balaban J connectivity index is 1.82. The van der Waals surface area contributed by atoms with Crippen LogP contribution in [0, 0.1) is 22.7 Å². The molecule has 10 nitrogen and oxygen atoms in total. The van der Waals surface area contributed by atoms with E-state index in [0.717, 1.165) is 31.6 Å². The van der Waals surface area contributed by atoms with Gasteiger partial charge in [-0.05, 0) is 36.0 Å². The summed E-state index contributed by atoms with van der Waals surface area (Å²) in [5, 5.41) is 23.9. The van der Waals surface area contributed by atoms with Crippen LogP contribution in [0.25, 0.3) is 0 Å². The van der Waals surface area contributed by atoms with Crippen molar-refractivity contribution in [2.75, 3.05) is 22.8 Å². The fourth-order valence-electron chi connectivity index (χ4n) is 4.58. The third-order valence-corrected chi connectivity index (χ3v) is 8.63. The van der Waals surface area contributed by atoms with E-state index in [2.05, 4.69) is 10.0 Å². The molecule has 4 rings (SSSR count). The number of carbonyl (C=O) groups excluding carboxylic acids is 1. The summed E-state index contributed by atoms with van der Waals surface area (Å²) >= 11 is 0. The number of benzene rings is 1. The van der Waals surface area contributed by atoms with Crippen LogP contribution < -0.4 is 10.0 Å². The van der Waals surface area contributed by atoms with Crippen LogP contribution in [-0.4, -0.2) is 51.6 Å². The van der Waals surface area contributed by atoms with Gasteiger partial charge in [-0.15, -0.1) is 0 Å². The van der Waals surface area contributed by atoms with E-state index in [4.69, 9.17) is 0 Å². The lowest BCUT2D eigenvalue weighted by Crippen LogP contribution is -2.44. The molecule has 188 valence electrons. The second-order valence-electron chi connectivity index (χ2n) is 10.3. The first kappa shape index (κ1) is 25.1. The van der Waals surface area contributed by atoms with Crippen LogP contribution >= 0.6 is 0 Å². The second kappa shape index (κ2) is 8.27. The number of carbonyl (C=O) groups is 1. The highest BCUT2D eigenvalue weighted by Crippen LogP contribution is 2.44. The standard InChI is InChI=1S/C23H28N4O6S2/c1-23(2,3)21-20(28)18(22(29)27(21)10-9-13-5-6-13)19-17(12-24)35(32,33)16-11-14(26-34(4,30)31)7-8-15(16)25-19/h7-8,11,13,21,25-26,28H,5-6,9-10H2,1-4H3. The number of nitrogens with one attached hydrogen (secondary N) is 2. The zero-order chi connectivity index (χ0) is 25.9. The van der Waals surface area contributed by atoms with Crippen LogP contribution in [0.2, 0.25) is 0 Å². The molecule has 1 atom stereocenters. The van der Waals surface area contributed by atoms with Gasteiger partial charge in [0.15, 0.2) is 4.91 Å². The largest absolute Gasteiger partial charge is 0.509 e. The average molecular weight is 521 g/mol. The number of aliphatic hydroxyl groups excluding tert-OH is 1. The Morgan fingerprint density at radius 3 is 2.49 bits per heavy atom. The van der Waals surface area contributed by atoms with E-state index >= 15 is 0 Å². The third kappa shape index (κ3) is 4.62. The number of aliphatic hydroxyl groups is 1. The van der Waals surface area contributed by atoms with Gasteiger partial charge in [-0.3, -0.25) is 9.52 Å². The number of hydrogen-bond donors (Lipinski definition) is 3. The Morgan fingerprint density at radius 2 is 1.94 bits per heavy atom. The number of anilines is 2. The molecule has 0 radical (unpaired) electrons. The van der Waals surface area contributed by atoms with E-state index in [1.165, 1.54) is 12.1 Å². The Hall–Kier alpha value is -3.04. The number of allylic oxidation sites excluding steroid dienone is 1. The minimum Gasteiger partial charge on any atom is -0.509 e. The van der Waals surface area contributed by atoms with Crippen LogP contribution in [-0.2, 0) is 24.7 Å². The Labute approximate surface area is 205 Å². The molecule has 2 heterocycles. The first-order valence-electron chi connectivity index (χ1n) is 11.2. The SMILES string of the molecule is CC(C)(C)C1C(O)=C(C2=C(C#N)S(=O)(=O)c3cc(NS(C)(=O)=O)ccc3N2)C(=O)N1CCC1CC1. The molecule has 12 heteroatoms. The molecule has 0 spiro atoms. The highest BCUT2D eigenvalue weighted by atomic mass is 32.2. The molecule has 1 saturated carbocycles. The van der Waals surface area contributed by atoms with Crippen molar-refractivity contribution < 1.29 is 26.7 Å². The average Bonchev–Trinajstić information content (AvgIpc) is 3.49. The molecule has 1 aromatic carbocycles. The number of fused-ring (bicyclic) bond motifs is 1. The Morgan fingerprint density at radius 1 is 1.29 bits per heavy atom. The summed E-state index contributed by atoms with van der Waals surface area (Å²) in [5.74, 6) is -0.270. The molecule has 3 aliphatic rings. The first-order valence-corrected chi connectivity index (χ1v) is 14.6. The lowest BCUT2D eigenvalue weighted by molar-refractivity contribution is -0.128. The molecular weight excluding hydrogens is 492 g/mol. The number of amides is 1. The van der Waals surface area contributed by atoms with Gasteiger partial charge in [0.2, 0.25) is 19.9 Å². The Kier molecular flexibility index (Phi) is 5.92. The highest BCUT2D eigenvalue weighted by Gasteiger charge is 2.49. The van der Waals surface area contributed by atoms with E-state index in [1.807, 2.05) is 20.8 Å². The smallest absolute Gasteiger partial charge is 0.260 e. The summed E-state index contributed by atoms with van der Waals surface area (Å²) in [5.41, 5.74) is -0.972. The van der Waals surface area contributed by atoms with Crippen molar-refractivity contribution in [3.8, 4) is 6.07 Å². The number of nitriles is 1. The van der Waals surface area contributed by atoms with Crippen LogP contribution in [0.4, 0.5) is 11.4 Å². The number of nitrogens with zero attached hydrogens (tertiary/aromatic N) is 2. The zero-order valence-corrected chi connectivity index (χ0v) is 21.5. The third-order valence-electron chi connectivity index (χ3n) is 6.28. The summed E-state index contributed by atoms with van der Waals surface area (Å²) in [7, 11) is -8.09. The van der Waals surface area contributed by atoms with Gasteiger partial charge in [0.1, 0.15) is 17.4 Å². The van der Waals surface area contributed by atoms with Crippen molar-refractivity contribution in [3.63, 3.8) is 0 Å². The van der Waals surface area contributed by atoms with E-state index in [-0.39, 0.29) is 33.3 Å². The molecule has 35 heavy (non-hydrogen) atoms. The maximum absolute atomic E-state index is 13.6. The minimum absolute atomic E-state index is 0.00965. The first-order chi connectivity index (χ1) is 16.1. The fraction of sp³-hybridized carbons (Fsp3) is 0.478. The molecule has 0 saturated heterocycles. The quantitative estimate of drug-likeness (QED) is 0.517. The van der Waals surface area contributed by atoms with Crippen LogP contribution in [0.3, 0.4) is 0 Å². The zero-order valence-electron chi connectivity index (χ0n) is 19.9.